The molecule has 1 N–H and O–H groups in total. The average Bonchev–Trinajstić information content (AvgIpc) is 2.66. The van der Waals surface area contributed by atoms with Gasteiger partial charge in [-0.3, -0.25) is 0 Å². The lowest BCUT2D eigenvalue weighted by atomic mass is 9.99. The Morgan fingerprint density at radius 1 is 1.00 bits per heavy atom. The molecule has 0 spiro atoms. The van der Waals surface area contributed by atoms with Crippen LogP contribution in [0.25, 0.3) is 11.1 Å². The number of ether oxygens (including phenoxy) is 1. The summed E-state index contributed by atoms with van der Waals surface area (Å²) in [6, 6.07) is 23.7. The molecule has 128 valence electrons. The second kappa shape index (κ2) is 8.04. The maximum absolute atomic E-state index is 10.5. The third-order valence-corrected chi connectivity index (χ3v) is 3.96. The van der Waals surface area contributed by atoms with E-state index in [-0.39, 0.29) is 0 Å². The molecule has 0 saturated carbocycles. The summed E-state index contributed by atoms with van der Waals surface area (Å²) in [5.41, 5.74) is 5.35. The molecule has 0 bridgehead atoms. The molecule has 0 radical (unpaired) electrons. The van der Waals surface area contributed by atoms with E-state index in [1.807, 2.05) is 24.3 Å². The van der Waals surface area contributed by atoms with Crippen LogP contribution in [0.1, 0.15) is 16.7 Å². The average molecular weight is 342 g/mol. The smallest absolute Gasteiger partial charge is 0.382 e. The van der Waals surface area contributed by atoms with E-state index in [2.05, 4.69) is 43.0 Å². The van der Waals surface area contributed by atoms with Crippen LogP contribution in [-0.4, -0.2) is 11.1 Å². The Labute approximate surface area is 152 Å². The van der Waals surface area contributed by atoms with Gasteiger partial charge in [0.1, 0.15) is 12.4 Å². The summed E-state index contributed by atoms with van der Waals surface area (Å²) < 4.78 is 5.83. The molecule has 0 saturated heterocycles. The van der Waals surface area contributed by atoms with Crippen LogP contribution < -0.4 is 4.74 Å². The number of carbonyl (C=O) groups is 1. The molecule has 0 heterocycles. The van der Waals surface area contributed by atoms with Crippen molar-refractivity contribution < 1.29 is 14.6 Å². The molecule has 0 amide bonds. The van der Waals surface area contributed by atoms with Crippen molar-refractivity contribution in [1.29, 1.82) is 0 Å². The van der Waals surface area contributed by atoms with Crippen LogP contribution in [0.2, 0.25) is 0 Å². The number of hydrogen-bond donors (Lipinski definition) is 1. The summed E-state index contributed by atoms with van der Waals surface area (Å²) in [6.07, 6.45) is 0. The SMILES string of the molecule is Cc1ccccc1-c1cccc(COc2ccc(C#CC(=O)O)cc2)c1. The monoisotopic (exact) mass is 342 g/mol. The van der Waals surface area contributed by atoms with Crippen LogP contribution in [0.5, 0.6) is 5.75 Å². The minimum Gasteiger partial charge on any atom is -0.489 e. The molecule has 3 aromatic rings. The molecule has 0 unspecified atom stereocenters. The van der Waals surface area contributed by atoms with Crippen molar-refractivity contribution in [2.75, 3.05) is 0 Å². The van der Waals surface area contributed by atoms with Crippen molar-refractivity contribution in [3.05, 3.63) is 89.5 Å². The lowest BCUT2D eigenvalue weighted by molar-refractivity contribution is -0.130. The van der Waals surface area contributed by atoms with Gasteiger partial charge in [-0.25, -0.2) is 4.79 Å². The Morgan fingerprint density at radius 3 is 2.50 bits per heavy atom. The first-order valence-corrected chi connectivity index (χ1v) is 8.24. The maximum Gasteiger partial charge on any atom is 0.382 e. The first-order chi connectivity index (χ1) is 12.6. The van der Waals surface area contributed by atoms with Gasteiger partial charge >= 0.3 is 5.97 Å². The van der Waals surface area contributed by atoms with Crippen molar-refractivity contribution in [1.82, 2.24) is 0 Å². The molecule has 0 aromatic heterocycles. The van der Waals surface area contributed by atoms with Gasteiger partial charge in [0.15, 0.2) is 0 Å². The van der Waals surface area contributed by atoms with Gasteiger partial charge in [0.25, 0.3) is 0 Å². The molecule has 3 nitrogen and oxygen atoms in total. The molecule has 0 aliphatic rings. The summed E-state index contributed by atoms with van der Waals surface area (Å²) in [5, 5.41) is 8.56. The van der Waals surface area contributed by atoms with Gasteiger partial charge in [0, 0.05) is 11.5 Å². The summed E-state index contributed by atoms with van der Waals surface area (Å²) in [7, 11) is 0. The number of benzene rings is 3. The molecule has 0 atom stereocenters. The number of carboxylic acid groups (broad SMARTS) is 1. The lowest BCUT2D eigenvalue weighted by Crippen LogP contribution is -1.96. The van der Waals surface area contributed by atoms with Gasteiger partial charge in [0.05, 0.1) is 0 Å². The van der Waals surface area contributed by atoms with Crippen LogP contribution in [0, 0.1) is 18.8 Å². The van der Waals surface area contributed by atoms with E-state index < -0.39 is 5.97 Å². The zero-order valence-electron chi connectivity index (χ0n) is 14.4. The minimum atomic E-state index is -1.14. The second-order valence-electron chi connectivity index (χ2n) is 5.88. The predicted molar refractivity (Wildman–Crippen MR) is 102 cm³/mol. The molecular formula is C23H18O3. The van der Waals surface area contributed by atoms with Crippen molar-refractivity contribution in [2.24, 2.45) is 0 Å². The Bertz CT molecular complexity index is 976. The number of rotatable bonds is 4. The predicted octanol–water partition coefficient (Wildman–Crippen LogP) is 4.68. The highest BCUT2D eigenvalue weighted by molar-refractivity contribution is 5.87. The molecule has 0 aliphatic heterocycles. The number of aliphatic carboxylic acids is 1. The maximum atomic E-state index is 10.5. The second-order valence-corrected chi connectivity index (χ2v) is 5.88. The van der Waals surface area contributed by atoms with E-state index in [9.17, 15) is 4.79 Å². The Hall–Kier alpha value is -3.51. The van der Waals surface area contributed by atoms with Gasteiger partial charge < -0.3 is 9.84 Å². The molecular weight excluding hydrogens is 324 g/mol. The molecule has 0 aliphatic carbocycles. The van der Waals surface area contributed by atoms with E-state index >= 15 is 0 Å². The van der Waals surface area contributed by atoms with Gasteiger partial charge in [-0.15, -0.1) is 0 Å². The van der Waals surface area contributed by atoms with Crippen LogP contribution in [-0.2, 0) is 11.4 Å². The zero-order chi connectivity index (χ0) is 18.4. The third-order valence-electron chi connectivity index (χ3n) is 3.96. The highest BCUT2D eigenvalue weighted by atomic mass is 16.5. The molecule has 3 rings (SSSR count). The number of aryl methyl sites for hydroxylation is 1. The van der Waals surface area contributed by atoms with Crippen molar-refractivity contribution >= 4 is 5.97 Å². The summed E-state index contributed by atoms with van der Waals surface area (Å²) in [6.45, 7) is 2.56. The van der Waals surface area contributed by atoms with Crippen LogP contribution in [0.4, 0.5) is 0 Å². The first-order valence-electron chi connectivity index (χ1n) is 8.24. The summed E-state index contributed by atoms with van der Waals surface area (Å²) >= 11 is 0. The van der Waals surface area contributed by atoms with E-state index in [0.29, 0.717) is 17.9 Å². The summed E-state index contributed by atoms with van der Waals surface area (Å²) in [4.78, 5) is 10.5. The van der Waals surface area contributed by atoms with Crippen LogP contribution >= 0.6 is 0 Å². The fourth-order valence-electron chi connectivity index (χ4n) is 2.65. The highest BCUT2D eigenvalue weighted by Crippen LogP contribution is 2.24. The molecule has 3 aromatic carbocycles. The van der Waals surface area contributed by atoms with Gasteiger partial charge in [-0.05, 0) is 59.5 Å². The van der Waals surface area contributed by atoms with Gasteiger partial charge in [-0.2, -0.15) is 0 Å². The normalized spacial score (nSPS) is 9.88. The van der Waals surface area contributed by atoms with E-state index in [1.165, 1.54) is 16.7 Å². The van der Waals surface area contributed by atoms with Gasteiger partial charge in [-0.1, -0.05) is 48.4 Å². The molecule has 26 heavy (non-hydrogen) atoms. The third kappa shape index (κ3) is 4.52. The Morgan fingerprint density at radius 2 is 1.77 bits per heavy atom. The Balaban J connectivity index is 1.69. The van der Waals surface area contributed by atoms with E-state index in [1.54, 1.807) is 24.3 Å². The van der Waals surface area contributed by atoms with Crippen molar-refractivity contribution in [2.45, 2.75) is 13.5 Å². The fourth-order valence-corrected chi connectivity index (χ4v) is 2.65. The van der Waals surface area contributed by atoms with Crippen molar-refractivity contribution in [3.8, 4) is 28.7 Å². The van der Waals surface area contributed by atoms with E-state index in [0.717, 1.165) is 5.56 Å². The minimum absolute atomic E-state index is 0.458. The van der Waals surface area contributed by atoms with E-state index in [4.69, 9.17) is 9.84 Å². The standard InChI is InChI=1S/C23H18O3/c1-17-5-2-3-8-22(17)20-7-4-6-19(15-20)16-26-21-12-9-18(10-13-21)11-14-23(24)25/h2-10,12-13,15H,16H2,1H3,(H,24,25). The van der Waals surface area contributed by atoms with Crippen LogP contribution in [0.15, 0.2) is 72.8 Å². The largest absolute Gasteiger partial charge is 0.489 e. The zero-order valence-corrected chi connectivity index (χ0v) is 14.4. The van der Waals surface area contributed by atoms with Crippen molar-refractivity contribution in [3.63, 3.8) is 0 Å². The van der Waals surface area contributed by atoms with Crippen LogP contribution in [0.3, 0.4) is 0 Å². The lowest BCUT2D eigenvalue weighted by Gasteiger charge is -2.10. The van der Waals surface area contributed by atoms with Gasteiger partial charge in [0.2, 0.25) is 0 Å². The highest BCUT2D eigenvalue weighted by Gasteiger charge is 2.03. The molecule has 0 fully saturated rings. The first kappa shape index (κ1) is 17.3. The molecule has 3 heteroatoms. The topological polar surface area (TPSA) is 46.5 Å². The number of hydrogen-bond acceptors (Lipinski definition) is 2. The summed E-state index contributed by atoms with van der Waals surface area (Å²) in [5.74, 6) is 4.24. The number of carboxylic acids is 1. The fraction of sp³-hybridized carbons (Fsp3) is 0.0870. The quantitative estimate of drug-likeness (QED) is 0.701. The Kier molecular flexibility index (Phi) is 5.36.